The first-order valence-electron chi connectivity index (χ1n) is 11.0. The lowest BCUT2D eigenvalue weighted by Crippen LogP contribution is -2.33. The second-order valence-corrected chi connectivity index (χ2v) is 8.56. The number of ether oxygens (including phenoxy) is 2. The fourth-order valence-corrected chi connectivity index (χ4v) is 4.62. The molecule has 0 radical (unpaired) electrons. The SMILES string of the molecule is COC(=O)C1=C(C)N(C[C@H]2CCCO2)C(=O)/C1=C\c1cc(C)n(-c2ccc(C)cc2)c1C. The number of aryl methyl sites for hydroxylation is 2. The lowest BCUT2D eigenvalue weighted by atomic mass is 10.0. The van der Waals surface area contributed by atoms with Crippen molar-refractivity contribution in [1.29, 1.82) is 0 Å². The molecule has 0 bridgehead atoms. The second-order valence-electron chi connectivity index (χ2n) is 8.56. The first-order valence-corrected chi connectivity index (χ1v) is 11.0. The van der Waals surface area contributed by atoms with Gasteiger partial charge in [0, 0.05) is 29.4 Å². The van der Waals surface area contributed by atoms with Crippen LogP contribution in [0.2, 0.25) is 0 Å². The van der Waals surface area contributed by atoms with Crippen molar-refractivity contribution in [2.75, 3.05) is 20.3 Å². The minimum atomic E-state index is -0.496. The third kappa shape index (κ3) is 3.91. The zero-order chi connectivity index (χ0) is 23.0. The van der Waals surface area contributed by atoms with E-state index in [-0.39, 0.29) is 12.0 Å². The summed E-state index contributed by atoms with van der Waals surface area (Å²) in [6.45, 7) is 9.09. The first-order chi connectivity index (χ1) is 15.3. The summed E-state index contributed by atoms with van der Waals surface area (Å²) in [5.74, 6) is -0.678. The van der Waals surface area contributed by atoms with Gasteiger partial charge in [0.05, 0.1) is 30.9 Å². The Balaban J connectivity index is 1.75. The molecule has 1 fully saturated rings. The molecule has 1 atom stereocenters. The number of rotatable bonds is 5. The number of carbonyl (C=O) groups excluding carboxylic acids is 2. The van der Waals surface area contributed by atoms with Gasteiger partial charge in [-0.05, 0) is 70.4 Å². The van der Waals surface area contributed by atoms with Gasteiger partial charge in [-0.2, -0.15) is 0 Å². The molecule has 2 aliphatic heterocycles. The summed E-state index contributed by atoms with van der Waals surface area (Å²) in [5, 5.41) is 0. The fraction of sp³-hybridized carbons (Fsp3) is 0.385. The van der Waals surface area contributed by atoms with Crippen LogP contribution in [0.15, 0.2) is 47.2 Å². The Bertz CT molecular complexity index is 1120. The van der Waals surface area contributed by atoms with Crippen LogP contribution < -0.4 is 0 Å². The van der Waals surface area contributed by atoms with Crippen molar-refractivity contribution in [2.45, 2.75) is 46.6 Å². The Labute approximate surface area is 189 Å². The average molecular weight is 435 g/mol. The summed E-state index contributed by atoms with van der Waals surface area (Å²) >= 11 is 0. The number of carbonyl (C=O) groups is 2. The predicted molar refractivity (Wildman–Crippen MR) is 123 cm³/mol. The van der Waals surface area contributed by atoms with E-state index in [0.717, 1.165) is 35.5 Å². The smallest absolute Gasteiger partial charge is 0.340 e. The van der Waals surface area contributed by atoms with Crippen LogP contribution in [0.1, 0.15) is 42.3 Å². The van der Waals surface area contributed by atoms with E-state index in [1.54, 1.807) is 11.8 Å². The minimum absolute atomic E-state index is 0.00116. The number of hydrogen-bond donors (Lipinski definition) is 0. The molecule has 1 aromatic carbocycles. The lowest BCUT2D eigenvalue weighted by Gasteiger charge is -2.21. The minimum Gasteiger partial charge on any atom is -0.465 e. The highest BCUT2D eigenvalue weighted by molar-refractivity contribution is 6.16. The van der Waals surface area contributed by atoms with Crippen molar-refractivity contribution >= 4 is 18.0 Å². The number of nitrogens with zero attached hydrogens (tertiary/aromatic N) is 2. The first kappa shape index (κ1) is 22.1. The summed E-state index contributed by atoms with van der Waals surface area (Å²) in [7, 11) is 1.34. The normalized spacial score (nSPS) is 20.0. The topological polar surface area (TPSA) is 60.8 Å². The van der Waals surface area contributed by atoms with Gasteiger partial charge in [-0.15, -0.1) is 0 Å². The van der Waals surface area contributed by atoms with Crippen molar-refractivity contribution in [2.24, 2.45) is 0 Å². The van der Waals surface area contributed by atoms with E-state index in [2.05, 4.69) is 35.8 Å². The molecule has 0 aliphatic carbocycles. The molecule has 32 heavy (non-hydrogen) atoms. The van der Waals surface area contributed by atoms with Crippen molar-refractivity contribution in [1.82, 2.24) is 9.47 Å². The van der Waals surface area contributed by atoms with Crippen molar-refractivity contribution in [3.05, 3.63) is 69.7 Å². The summed E-state index contributed by atoms with van der Waals surface area (Å²) in [6.07, 6.45) is 3.73. The van der Waals surface area contributed by atoms with Crippen LogP contribution in [-0.2, 0) is 19.1 Å². The van der Waals surface area contributed by atoms with Gasteiger partial charge in [-0.25, -0.2) is 4.79 Å². The molecule has 6 heteroatoms. The predicted octanol–water partition coefficient (Wildman–Crippen LogP) is 4.25. The van der Waals surface area contributed by atoms with E-state index in [0.29, 0.717) is 30.0 Å². The maximum atomic E-state index is 13.4. The standard InChI is InChI=1S/C26H30N2O4/c1-16-8-10-21(11-9-16)28-17(2)13-20(18(28)3)14-23-24(26(30)31-5)19(4)27(25(23)29)15-22-7-6-12-32-22/h8-11,13-14,22H,6-7,12,15H2,1-5H3/b23-14-/t22-/m1/s1. The molecule has 0 saturated carbocycles. The summed E-state index contributed by atoms with van der Waals surface area (Å²) in [4.78, 5) is 27.7. The zero-order valence-corrected chi connectivity index (χ0v) is 19.4. The Morgan fingerprint density at radius 1 is 1.19 bits per heavy atom. The highest BCUT2D eigenvalue weighted by Crippen LogP contribution is 2.34. The van der Waals surface area contributed by atoms with Gasteiger partial charge in [0.2, 0.25) is 0 Å². The fourth-order valence-electron chi connectivity index (χ4n) is 4.62. The van der Waals surface area contributed by atoms with Gasteiger partial charge < -0.3 is 18.9 Å². The quantitative estimate of drug-likeness (QED) is 0.521. The third-order valence-corrected chi connectivity index (χ3v) is 6.37. The van der Waals surface area contributed by atoms with Crippen LogP contribution in [0.3, 0.4) is 0 Å². The average Bonchev–Trinajstić information content (AvgIpc) is 3.44. The largest absolute Gasteiger partial charge is 0.465 e. The van der Waals surface area contributed by atoms with Crippen molar-refractivity contribution < 1.29 is 19.1 Å². The van der Waals surface area contributed by atoms with Crippen molar-refractivity contribution in [3.8, 4) is 5.69 Å². The maximum Gasteiger partial charge on any atom is 0.340 e. The van der Waals surface area contributed by atoms with Crippen LogP contribution in [0.25, 0.3) is 11.8 Å². The van der Waals surface area contributed by atoms with E-state index >= 15 is 0 Å². The number of esters is 1. The van der Waals surface area contributed by atoms with E-state index in [4.69, 9.17) is 9.47 Å². The Kier molecular flexibility index (Phi) is 6.07. The Morgan fingerprint density at radius 2 is 1.91 bits per heavy atom. The van der Waals surface area contributed by atoms with E-state index in [1.807, 2.05) is 26.0 Å². The van der Waals surface area contributed by atoms with Crippen LogP contribution >= 0.6 is 0 Å². The summed E-state index contributed by atoms with van der Waals surface area (Å²) in [5.41, 5.74) is 6.55. The van der Waals surface area contributed by atoms with Crippen LogP contribution in [0.5, 0.6) is 0 Å². The lowest BCUT2D eigenvalue weighted by molar-refractivity contribution is -0.136. The van der Waals surface area contributed by atoms with Gasteiger partial charge >= 0.3 is 5.97 Å². The number of benzene rings is 1. The van der Waals surface area contributed by atoms with Crippen LogP contribution in [-0.4, -0.2) is 47.7 Å². The molecule has 0 unspecified atom stereocenters. The number of hydrogen-bond acceptors (Lipinski definition) is 4. The molecule has 1 saturated heterocycles. The molecule has 3 heterocycles. The molecule has 6 nitrogen and oxygen atoms in total. The van der Waals surface area contributed by atoms with E-state index in [9.17, 15) is 9.59 Å². The van der Waals surface area contributed by atoms with Gasteiger partial charge in [-0.1, -0.05) is 17.7 Å². The molecular weight excluding hydrogens is 404 g/mol. The molecule has 2 aliphatic rings. The van der Waals surface area contributed by atoms with Gasteiger partial charge in [0.1, 0.15) is 0 Å². The molecular formula is C26H30N2O4. The molecule has 168 valence electrons. The van der Waals surface area contributed by atoms with Crippen molar-refractivity contribution in [3.63, 3.8) is 0 Å². The van der Waals surface area contributed by atoms with Gasteiger partial charge in [-0.3, -0.25) is 4.79 Å². The number of amides is 1. The Hall–Kier alpha value is -3.12. The molecule has 1 amide bonds. The highest BCUT2D eigenvalue weighted by Gasteiger charge is 2.38. The van der Waals surface area contributed by atoms with E-state index < -0.39 is 5.97 Å². The molecule has 0 N–H and O–H groups in total. The van der Waals surface area contributed by atoms with Gasteiger partial charge in [0.25, 0.3) is 5.91 Å². The van der Waals surface area contributed by atoms with Crippen LogP contribution in [0.4, 0.5) is 0 Å². The second kappa shape index (κ2) is 8.79. The molecule has 2 aromatic rings. The number of aromatic nitrogens is 1. The zero-order valence-electron chi connectivity index (χ0n) is 19.4. The molecule has 1 aromatic heterocycles. The number of methoxy groups -OCH3 is 1. The highest BCUT2D eigenvalue weighted by atomic mass is 16.5. The Morgan fingerprint density at radius 3 is 2.53 bits per heavy atom. The van der Waals surface area contributed by atoms with E-state index in [1.165, 1.54) is 12.7 Å². The monoisotopic (exact) mass is 434 g/mol. The summed E-state index contributed by atoms with van der Waals surface area (Å²) in [6, 6.07) is 10.4. The van der Waals surface area contributed by atoms with Crippen LogP contribution in [0, 0.1) is 20.8 Å². The third-order valence-electron chi connectivity index (χ3n) is 6.37. The summed E-state index contributed by atoms with van der Waals surface area (Å²) < 4.78 is 12.9. The molecule has 4 rings (SSSR count). The maximum absolute atomic E-state index is 13.4. The molecule has 0 spiro atoms. The number of allylic oxidation sites excluding steroid dienone is 1. The van der Waals surface area contributed by atoms with Gasteiger partial charge in [0.15, 0.2) is 0 Å².